The SMILES string of the molecule is COc1ccc(Br)cc1Nc1ccc(N)c(C)c1. The lowest BCUT2D eigenvalue weighted by atomic mass is 10.2. The van der Waals surface area contributed by atoms with Gasteiger partial charge in [0, 0.05) is 15.8 Å². The zero-order chi connectivity index (χ0) is 13.1. The van der Waals surface area contributed by atoms with Crippen LogP contribution in [0.3, 0.4) is 0 Å². The monoisotopic (exact) mass is 306 g/mol. The van der Waals surface area contributed by atoms with E-state index >= 15 is 0 Å². The van der Waals surface area contributed by atoms with Crippen molar-refractivity contribution >= 4 is 33.0 Å². The summed E-state index contributed by atoms with van der Waals surface area (Å²) in [5.74, 6) is 0.799. The lowest BCUT2D eigenvalue weighted by Gasteiger charge is -2.12. The molecule has 18 heavy (non-hydrogen) atoms. The van der Waals surface area contributed by atoms with Crippen LogP contribution in [0.15, 0.2) is 40.9 Å². The van der Waals surface area contributed by atoms with Gasteiger partial charge in [-0.25, -0.2) is 0 Å². The summed E-state index contributed by atoms with van der Waals surface area (Å²) in [6.07, 6.45) is 0. The number of nitrogens with one attached hydrogen (secondary N) is 1. The molecular formula is C14H15BrN2O. The molecule has 2 rings (SSSR count). The lowest BCUT2D eigenvalue weighted by molar-refractivity contribution is 0.417. The molecule has 0 saturated heterocycles. The molecule has 2 aromatic carbocycles. The van der Waals surface area contributed by atoms with Crippen LogP contribution in [0.1, 0.15) is 5.56 Å². The van der Waals surface area contributed by atoms with Crippen LogP contribution in [0.4, 0.5) is 17.1 Å². The maximum Gasteiger partial charge on any atom is 0.142 e. The van der Waals surface area contributed by atoms with E-state index in [4.69, 9.17) is 10.5 Å². The highest BCUT2D eigenvalue weighted by Crippen LogP contribution is 2.31. The van der Waals surface area contributed by atoms with Gasteiger partial charge in [0.25, 0.3) is 0 Å². The topological polar surface area (TPSA) is 47.3 Å². The fraction of sp³-hybridized carbons (Fsp3) is 0.143. The average molecular weight is 307 g/mol. The van der Waals surface area contributed by atoms with Crippen molar-refractivity contribution in [2.45, 2.75) is 6.92 Å². The van der Waals surface area contributed by atoms with E-state index in [0.29, 0.717) is 0 Å². The van der Waals surface area contributed by atoms with Crippen molar-refractivity contribution in [1.29, 1.82) is 0 Å². The van der Waals surface area contributed by atoms with Crippen LogP contribution >= 0.6 is 15.9 Å². The third kappa shape index (κ3) is 2.76. The highest BCUT2D eigenvalue weighted by atomic mass is 79.9. The van der Waals surface area contributed by atoms with Crippen molar-refractivity contribution in [1.82, 2.24) is 0 Å². The van der Waals surface area contributed by atoms with Gasteiger partial charge < -0.3 is 15.8 Å². The number of ether oxygens (including phenoxy) is 1. The smallest absolute Gasteiger partial charge is 0.142 e. The van der Waals surface area contributed by atoms with E-state index in [2.05, 4.69) is 21.2 Å². The predicted octanol–water partition coefficient (Wildman–Crippen LogP) is 4.09. The predicted molar refractivity (Wildman–Crippen MR) is 79.6 cm³/mol. The van der Waals surface area contributed by atoms with Gasteiger partial charge in [-0.05, 0) is 48.9 Å². The van der Waals surface area contributed by atoms with Crippen molar-refractivity contribution in [3.8, 4) is 5.75 Å². The van der Waals surface area contributed by atoms with Crippen LogP contribution in [0, 0.1) is 6.92 Å². The Morgan fingerprint density at radius 1 is 1.17 bits per heavy atom. The maximum absolute atomic E-state index is 5.80. The van der Waals surface area contributed by atoms with E-state index in [0.717, 1.165) is 32.8 Å². The third-order valence-electron chi connectivity index (χ3n) is 2.71. The summed E-state index contributed by atoms with van der Waals surface area (Å²) in [6, 6.07) is 11.7. The number of methoxy groups -OCH3 is 1. The first-order chi connectivity index (χ1) is 8.60. The molecule has 0 aliphatic rings. The van der Waals surface area contributed by atoms with E-state index in [-0.39, 0.29) is 0 Å². The van der Waals surface area contributed by atoms with Crippen LogP contribution in [0.5, 0.6) is 5.75 Å². The number of hydrogen-bond donors (Lipinski definition) is 2. The van der Waals surface area contributed by atoms with Crippen molar-refractivity contribution in [3.63, 3.8) is 0 Å². The molecule has 0 aliphatic heterocycles. The molecular weight excluding hydrogens is 292 g/mol. The fourth-order valence-corrected chi connectivity index (χ4v) is 2.05. The average Bonchev–Trinajstić information content (AvgIpc) is 2.34. The summed E-state index contributed by atoms with van der Waals surface area (Å²) >= 11 is 3.45. The van der Waals surface area contributed by atoms with Crippen LogP contribution in [0.25, 0.3) is 0 Å². The molecule has 4 heteroatoms. The van der Waals surface area contributed by atoms with E-state index in [1.165, 1.54) is 0 Å². The number of halogens is 1. The lowest BCUT2D eigenvalue weighted by Crippen LogP contribution is -1.96. The Morgan fingerprint density at radius 3 is 2.61 bits per heavy atom. The Morgan fingerprint density at radius 2 is 1.94 bits per heavy atom. The van der Waals surface area contributed by atoms with E-state index in [9.17, 15) is 0 Å². The highest BCUT2D eigenvalue weighted by Gasteiger charge is 2.04. The molecule has 0 saturated carbocycles. The molecule has 3 N–H and O–H groups in total. The third-order valence-corrected chi connectivity index (χ3v) is 3.20. The van der Waals surface area contributed by atoms with Crippen LogP contribution < -0.4 is 15.8 Å². The number of aryl methyl sites for hydroxylation is 1. The Bertz CT molecular complexity index is 570. The second kappa shape index (κ2) is 5.31. The van der Waals surface area contributed by atoms with E-state index in [1.807, 2.05) is 43.3 Å². The molecule has 0 atom stereocenters. The minimum atomic E-state index is 0.793. The molecule has 0 radical (unpaired) electrons. The number of nitrogens with two attached hydrogens (primary N) is 1. The first kappa shape index (κ1) is 12.8. The number of rotatable bonds is 3. The van der Waals surface area contributed by atoms with Gasteiger partial charge in [-0.15, -0.1) is 0 Å². The Hall–Kier alpha value is -1.68. The largest absolute Gasteiger partial charge is 0.495 e. The molecule has 0 unspecified atom stereocenters. The van der Waals surface area contributed by atoms with Gasteiger partial charge in [0.2, 0.25) is 0 Å². The van der Waals surface area contributed by atoms with Gasteiger partial charge >= 0.3 is 0 Å². The summed E-state index contributed by atoms with van der Waals surface area (Å²) in [6.45, 7) is 1.98. The van der Waals surface area contributed by atoms with Crippen molar-refractivity contribution in [3.05, 3.63) is 46.4 Å². The molecule has 3 nitrogen and oxygen atoms in total. The molecule has 2 aromatic rings. The van der Waals surface area contributed by atoms with Gasteiger partial charge in [0.1, 0.15) is 5.75 Å². The van der Waals surface area contributed by atoms with Crippen LogP contribution in [-0.4, -0.2) is 7.11 Å². The molecule has 0 spiro atoms. The first-order valence-electron chi connectivity index (χ1n) is 5.57. The van der Waals surface area contributed by atoms with Crippen LogP contribution in [0.2, 0.25) is 0 Å². The molecule has 0 heterocycles. The summed E-state index contributed by atoms with van der Waals surface area (Å²) < 4.78 is 6.32. The zero-order valence-corrected chi connectivity index (χ0v) is 11.9. The Kier molecular flexibility index (Phi) is 3.77. The first-order valence-corrected chi connectivity index (χ1v) is 6.36. The number of anilines is 3. The Labute approximate surface area is 115 Å². The zero-order valence-electron chi connectivity index (χ0n) is 10.3. The van der Waals surface area contributed by atoms with E-state index < -0.39 is 0 Å². The Balaban J connectivity index is 2.33. The minimum Gasteiger partial charge on any atom is -0.495 e. The van der Waals surface area contributed by atoms with E-state index in [1.54, 1.807) is 7.11 Å². The fourth-order valence-electron chi connectivity index (χ4n) is 1.69. The second-order valence-corrected chi connectivity index (χ2v) is 4.96. The molecule has 94 valence electrons. The summed E-state index contributed by atoms with van der Waals surface area (Å²) in [5, 5.41) is 3.32. The van der Waals surface area contributed by atoms with Gasteiger partial charge in [0.05, 0.1) is 12.8 Å². The molecule has 0 fully saturated rings. The summed E-state index contributed by atoms with van der Waals surface area (Å²) in [7, 11) is 1.66. The van der Waals surface area contributed by atoms with Gasteiger partial charge in [-0.3, -0.25) is 0 Å². The molecule has 0 bridgehead atoms. The summed E-state index contributed by atoms with van der Waals surface area (Å²) in [4.78, 5) is 0. The number of nitrogen functional groups attached to an aromatic ring is 1. The van der Waals surface area contributed by atoms with Crippen molar-refractivity contribution in [2.24, 2.45) is 0 Å². The van der Waals surface area contributed by atoms with Crippen molar-refractivity contribution < 1.29 is 4.74 Å². The molecule has 0 aliphatic carbocycles. The van der Waals surface area contributed by atoms with Crippen LogP contribution in [-0.2, 0) is 0 Å². The standard InChI is InChI=1S/C14H15BrN2O/c1-9-7-11(4-5-12(9)16)17-13-8-10(15)3-6-14(13)18-2/h3-8,17H,16H2,1-2H3. The summed E-state index contributed by atoms with van der Waals surface area (Å²) in [5.41, 5.74) is 9.54. The van der Waals surface area contributed by atoms with Gasteiger partial charge in [0.15, 0.2) is 0 Å². The highest BCUT2D eigenvalue weighted by molar-refractivity contribution is 9.10. The maximum atomic E-state index is 5.80. The molecule has 0 amide bonds. The quantitative estimate of drug-likeness (QED) is 0.840. The second-order valence-electron chi connectivity index (χ2n) is 4.04. The normalized spacial score (nSPS) is 10.2. The number of benzene rings is 2. The van der Waals surface area contributed by atoms with Crippen molar-refractivity contribution in [2.75, 3.05) is 18.2 Å². The van der Waals surface area contributed by atoms with Gasteiger partial charge in [-0.1, -0.05) is 15.9 Å². The minimum absolute atomic E-state index is 0.793. The van der Waals surface area contributed by atoms with Gasteiger partial charge in [-0.2, -0.15) is 0 Å². The number of hydrogen-bond acceptors (Lipinski definition) is 3. The molecule has 0 aromatic heterocycles.